The van der Waals surface area contributed by atoms with Crippen molar-refractivity contribution in [2.45, 2.75) is 6.92 Å². The van der Waals surface area contributed by atoms with Crippen molar-refractivity contribution in [3.05, 3.63) is 58.2 Å². The van der Waals surface area contributed by atoms with E-state index in [4.69, 9.17) is 27.9 Å². The molecule has 4 nitrogen and oxygen atoms in total. The first kappa shape index (κ1) is 13.9. The van der Waals surface area contributed by atoms with Gasteiger partial charge in [0.05, 0.1) is 15.7 Å². The fourth-order valence-corrected chi connectivity index (χ4v) is 2.23. The molecule has 0 aliphatic rings. The van der Waals surface area contributed by atoms with E-state index < -0.39 is 0 Å². The van der Waals surface area contributed by atoms with Crippen LogP contribution in [0.25, 0.3) is 11.3 Å². The van der Waals surface area contributed by atoms with Crippen LogP contribution >= 0.6 is 23.2 Å². The average Bonchev–Trinajstić information content (AvgIpc) is 2.89. The van der Waals surface area contributed by atoms with Gasteiger partial charge in [-0.2, -0.15) is 15.4 Å². The van der Waals surface area contributed by atoms with Crippen LogP contribution in [0.4, 0.5) is 0 Å². The lowest BCUT2D eigenvalue weighted by Gasteiger charge is -2.08. The lowest BCUT2D eigenvalue weighted by atomic mass is 10.1. The lowest BCUT2D eigenvalue weighted by molar-refractivity contribution is 0.483. The van der Waals surface area contributed by atoms with E-state index in [1.807, 2.05) is 31.2 Å². The van der Waals surface area contributed by atoms with Gasteiger partial charge in [0, 0.05) is 11.6 Å². The molecule has 0 spiro atoms. The molecular formula is C15H11Cl2N3O. The minimum absolute atomic E-state index is 0.456. The molecule has 1 aromatic heterocycles. The van der Waals surface area contributed by atoms with E-state index in [-0.39, 0.29) is 0 Å². The third-order valence-corrected chi connectivity index (χ3v) is 3.70. The summed E-state index contributed by atoms with van der Waals surface area (Å²) < 4.78 is 5.79. The summed E-state index contributed by atoms with van der Waals surface area (Å²) in [6.07, 6.45) is 0. The standard InChI is InChI=1S/C15H11Cl2N3O/c1-9-15(19-20-18-9)10-3-2-4-11(7-10)21-12-5-6-13(16)14(17)8-12/h2-8H,1H3,(H,18,19,20). The van der Waals surface area contributed by atoms with Gasteiger partial charge in [-0.1, -0.05) is 35.3 Å². The topological polar surface area (TPSA) is 50.8 Å². The van der Waals surface area contributed by atoms with E-state index >= 15 is 0 Å². The number of nitrogens with one attached hydrogen (secondary N) is 1. The average molecular weight is 320 g/mol. The van der Waals surface area contributed by atoms with Crippen LogP contribution in [0.3, 0.4) is 0 Å². The van der Waals surface area contributed by atoms with Crippen LogP contribution in [0, 0.1) is 6.92 Å². The van der Waals surface area contributed by atoms with E-state index in [0.29, 0.717) is 21.5 Å². The first-order valence-electron chi connectivity index (χ1n) is 6.24. The van der Waals surface area contributed by atoms with Gasteiger partial charge < -0.3 is 4.74 Å². The number of rotatable bonds is 3. The molecule has 1 heterocycles. The third kappa shape index (κ3) is 3.01. The van der Waals surface area contributed by atoms with Gasteiger partial charge in [0.15, 0.2) is 0 Å². The maximum atomic E-state index is 5.98. The van der Waals surface area contributed by atoms with Crippen molar-refractivity contribution < 1.29 is 4.74 Å². The highest BCUT2D eigenvalue weighted by molar-refractivity contribution is 6.42. The van der Waals surface area contributed by atoms with Crippen molar-refractivity contribution in [2.24, 2.45) is 0 Å². The maximum absolute atomic E-state index is 5.98. The van der Waals surface area contributed by atoms with Crippen LogP contribution in [0.5, 0.6) is 11.5 Å². The fraction of sp³-hybridized carbons (Fsp3) is 0.0667. The minimum Gasteiger partial charge on any atom is -0.457 e. The number of aryl methyl sites for hydroxylation is 1. The molecule has 0 saturated carbocycles. The van der Waals surface area contributed by atoms with Crippen molar-refractivity contribution in [3.8, 4) is 22.8 Å². The number of halogens is 2. The number of benzene rings is 2. The van der Waals surface area contributed by atoms with Crippen molar-refractivity contribution >= 4 is 23.2 Å². The van der Waals surface area contributed by atoms with Crippen molar-refractivity contribution in [3.63, 3.8) is 0 Å². The molecule has 0 atom stereocenters. The number of aromatic amines is 1. The fourth-order valence-electron chi connectivity index (χ4n) is 1.94. The minimum atomic E-state index is 0.456. The second-order valence-corrected chi connectivity index (χ2v) is 5.28. The van der Waals surface area contributed by atoms with Gasteiger partial charge in [-0.15, -0.1) is 0 Å². The first-order valence-corrected chi connectivity index (χ1v) is 7.00. The quantitative estimate of drug-likeness (QED) is 0.748. The number of H-pyrrole nitrogens is 1. The molecule has 3 rings (SSSR count). The molecule has 0 unspecified atom stereocenters. The van der Waals surface area contributed by atoms with Crippen LogP contribution < -0.4 is 4.74 Å². The summed E-state index contributed by atoms with van der Waals surface area (Å²) in [5.74, 6) is 1.31. The molecule has 21 heavy (non-hydrogen) atoms. The van der Waals surface area contributed by atoms with Crippen LogP contribution in [0.15, 0.2) is 42.5 Å². The molecular weight excluding hydrogens is 309 g/mol. The molecule has 106 valence electrons. The number of nitrogens with zero attached hydrogens (tertiary/aromatic N) is 2. The monoisotopic (exact) mass is 319 g/mol. The van der Waals surface area contributed by atoms with Crippen LogP contribution in [0.1, 0.15) is 5.69 Å². The number of aromatic nitrogens is 3. The van der Waals surface area contributed by atoms with Crippen LogP contribution in [-0.4, -0.2) is 15.4 Å². The number of hydrogen-bond acceptors (Lipinski definition) is 3. The number of hydrogen-bond donors (Lipinski definition) is 1. The molecule has 0 aliphatic heterocycles. The summed E-state index contributed by atoms with van der Waals surface area (Å²) in [4.78, 5) is 0. The van der Waals surface area contributed by atoms with Crippen LogP contribution in [-0.2, 0) is 0 Å². The molecule has 3 aromatic rings. The highest BCUT2D eigenvalue weighted by Gasteiger charge is 2.08. The van der Waals surface area contributed by atoms with Gasteiger partial charge in [0.25, 0.3) is 0 Å². The van der Waals surface area contributed by atoms with Gasteiger partial charge in [0.1, 0.15) is 17.2 Å². The molecule has 0 fully saturated rings. The number of ether oxygens (including phenoxy) is 1. The Morgan fingerprint density at radius 3 is 2.48 bits per heavy atom. The first-order chi connectivity index (χ1) is 10.1. The van der Waals surface area contributed by atoms with E-state index in [1.165, 1.54) is 0 Å². The van der Waals surface area contributed by atoms with Gasteiger partial charge in [-0.3, -0.25) is 0 Å². The Bertz CT molecular complexity index is 786. The van der Waals surface area contributed by atoms with Crippen molar-refractivity contribution in [1.29, 1.82) is 0 Å². The van der Waals surface area contributed by atoms with Crippen LogP contribution in [0.2, 0.25) is 10.0 Å². The molecule has 2 aromatic carbocycles. The van der Waals surface area contributed by atoms with Gasteiger partial charge in [-0.05, 0) is 31.2 Å². The normalized spacial score (nSPS) is 10.6. The molecule has 0 saturated heterocycles. The summed E-state index contributed by atoms with van der Waals surface area (Å²) in [5, 5.41) is 11.7. The SMILES string of the molecule is Cc1n[nH]nc1-c1cccc(Oc2ccc(Cl)c(Cl)c2)c1. The maximum Gasteiger partial charge on any atom is 0.129 e. The summed E-state index contributed by atoms with van der Waals surface area (Å²) >= 11 is 11.9. The van der Waals surface area contributed by atoms with Gasteiger partial charge in [0.2, 0.25) is 0 Å². The third-order valence-electron chi connectivity index (χ3n) is 2.96. The predicted molar refractivity (Wildman–Crippen MR) is 83.1 cm³/mol. The molecule has 1 N–H and O–H groups in total. The predicted octanol–water partition coefficient (Wildman–Crippen LogP) is 4.88. The Morgan fingerprint density at radius 1 is 0.952 bits per heavy atom. The highest BCUT2D eigenvalue weighted by atomic mass is 35.5. The van der Waals surface area contributed by atoms with Crippen molar-refractivity contribution in [1.82, 2.24) is 15.4 Å². The molecule has 6 heteroatoms. The smallest absolute Gasteiger partial charge is 0.129 e. The van der Waals surface area contributed by atoms with Crippen molar-refractivity contribution in [2.75, 3.05) is 0 Å². The van der Waals surface area contributed by atoms with Gasteiger partial charge in [-0.25, -0.2) is 0 Å². The molecule has 0 radical (unpaired) electrons. The molecule has 0 aliphatic carbocycles. The molecule has 0 bridgehead atoms. The van der Waals surface area contributed by atoms with E-state index in [0.717, 1.165) is 17.0 Å². The Labute approximate surface area is 131 Å². The molecule has 0 amide bonds. The van der Waals surface area contributed by atoms with E-state index in [9.17, 15) is 0 Å². The summed E-state index contributed by atoms with van der Waals surface area (Å²) in [6, 6.07) is 12.8. The van der Waals surface area contributed by atoms with Gasteiger partial charge >= 0.3 is 0 Å². The zero-order chi connectivity index (χ0) is 14.8. The van der Waals surface area contributed by atoms with E-state index in [2.05, 4.69) is 15.4 Å². The second kappa shape index (κ2) is 5.76. The Kier molecular flexibility index (Phi) is 3.82. The zero-order valence-corrected chi connectivity index (χ0v) is 12.6. The summed E-state index contributed by atoms with van der Waals surface area (Å²) in [5.41, 5.74) is 2.56. The Balaban J connectivity index is 1.90. The second-order valence-electron chi connectivity index (χ2n) is 4.46. The zero-order valence-electron chi connectivity index (χ0n) is 11.1. The Hall–Kier alpha value is -2.04. The van der Waals surface area contributed by atoms with E-state index in [1.54, 1.807) is 18.2 Å². The summed E-state index contributed by atoms with van der Waals surface area (Å²) in [6.45, 7) is 1.89. The lowest BCUT2D eigenvalue weighted by Crippen LogP contribution is -1.87. The summed E-state index contributed by atoms with van der Waals surface area (Å²) in [7, 11) is 0. The highest BCUT2D eigenvalue weighted by Crippen LogP contribution is 2.31. The largest absolute Gasteiger partial charge is 0.457 e. The Morgan fingerprint density at radius 2 is 1.76 bits per heavy atom.